The van der Waals surface area contributed by atoms with E-state index in [2.05, 4.69) is 0 Å². The molecule has 0 aromatic carbocycles. The van der Waals surface area contributed by atoms with Crippen LogP contribution in [0.15, 0.2) is 48.6 Å². The Kier molecular flexibility index (Phi) is 1.78. The van der Waals surface area contributed by atoms with E-state index in [9.17, 15) is 4.79 Å². The van der Waals surface area contributed by atoms with E-state index in [1.165, 1.54) is 0 Å². The van der Waals surface area contributed by atoms with Gasteiger partial charge in [0.1, 0.15) is 0 Å². The molecule has 0 N–H and O–H groups in total. The van der Waals surface area contributed by atoms with Gasteiger partial charge in [0, 0.05) is 0 Å². The Morgan fingerprint density at radius 2 is 1.08 bits per heavy atom. The molecule has 0 saturated carbocycles. The van der Waals surface area contributed by atoms with Gasteiger partial charge in [0.2, 0.25) is 0 Å². The molecule has 0 fully saturated rings. The fraction of sp³-hybridized carbons (Fsp3) is 0.182. The fourth-order valence-corrected chi connectivity index (χ4v) is 1.47. The number of hydrogen-bond acceptors (Lipinski definition) is 1. The first-order valence-electron chi connectivity index (χ1n) is 4.11. The monoisotopic (exact) mass is 158 g/mol. The van der Waals surface area contributed by atoms with Crippen LogP contribution in [0.5, 0.6) is 0 Å². The molecule has 12 heavy (non-hydrogen) atoms. The second kappa shape index (κ2) is 2.94. The van der Waals surface area contributed by atoms with Gasteiger partial charge in [-0.15, -0.1) is 0 Å². The molecule has 0 bridgehead atoms. The Labute approximate surface area is 71.8 Å². The maximum atomic E-state index is 11.6. The molecule has 0 unspecified atom stereocenters. The molecule has 0 amide bonds. The van der Waals surface area contributed by atoms with Crippen molar-refractivity contribution >= 4 is 5.78 Å². The van der Waals surface area contributed by atoms with Crippen molar-refractivity contribution in [2.45, 2.75) is 0 Å². The molecule has 2 aliphatic carbocycles. The normalized spacial score (nSPS) is 21.3. The maximum Gasteiger partial charge on any atom is 0.154 e. The number of Topliss-reactive ketones (excluding diaryl/α,β-unsaturated/α-hetero) is 1. The number of allylic oxidation sites excluding steroid dienone is 8. The SMILES string of the molecule is O=C(C1C=CC=C1)C1C=CC=C1. The highest BCUT2D eigenvalue weighted by atomic mass is 16.1. The van der Waals surface area contributed by atoms with Crippen LogP contribution in [0.4, 0.5) is 0 Å². The molecule has 0 spiro atoms. The summed E-state index contributed by atoms with van der Waals surface area (Å²) in [5.74, 6) is 0.273. The molecule has 0 heterocycles. The summed E-state index contributed by atoms with van der Waals surface area (Å²) in [5.41, 5.74) is 0. The second-order valence-electron chi connectivity index (χ2n) is 2.99. The first-order chi connectivity index (χ1) is 5.88. The van der Waals surface area contributed by atoms with Crippen LogP contribution in [0.2, 0.25) is 0 Å². The summed E-state index contributed by atoms with van der Waals surface area (Å²) < 4.78 is 0. The summed E-state index contributed by atoms with van der Waals surface area (Å²) in [7, 11) is 0. The molecule has 0 atom stereocenters. The standard InChI is InChI=1S/C11H10O/c12-11(9-5-1-2-6-9)10-7-3-4-8-10/h1-10H. The topological polar surface area (TPSA) is 17.1 Å². The van der Waals surface area contributed by atoms with Gasteiger partial charge in [0.15, 0.2) is 5.78 Å². The summed E-state index contributed by atoms with van der Waals surface area (Å²) in [4.78, 5) is 11.6. The number of carbonyl (C=O) groups excluding carboxylic acids is 1. The lowest BCUT2D eigenvalue weighted by Crippen LogP contribution is -2.15. The molecule has 0 saturated heterocycles. The first-order valence-corrected chi connectivity index (χ1v) is 4.11. The van der Waals surface area contributed by atoms with Crippen LogP contribution < -0.4 is 0 Å². The highest BCUT2D eigenvalue weighted by Gasteiger charge is 2.21. The molecule has 0 radical (unpaired) electrons. The van der Waals surface area contributed by atoms with Crippen LogP contribution in [0.25, 0.3) is 0 Å². The Morgan fingerprint density at radius 1 is 0.750 bits per heavy atom. The van der Waals surface area contributed by atoms with Gasteiger partial charge in [-0.25, -0.2) is 0 Å². The highest BCUT2D eigenvalue weighted by molar-refractivity contribution is 5.90. The van der Waals surface area contributed by atoms with Crippen molar-refractivity contribution in [3.8, 4) is 0 Å². The van der Waals surface area contributed by atoms with Crippen LogP contribution in [0.3, 0.4) is 0 Å². The van der Waals surface area contributed by atoms with Crippen LogP contribution in [-0.2, 0) is 4.79 Å². The van der Waals surface area contributed by atoms with Crippen LogP contribution in [-0.4, -0.2) is 5.78 Å². The van der Waals surface area contributed by atoms with Crippen LogP contribution >= 0.6 is 0 Å². The summed E-state index contributed by atoms with van der Waals surface area (Å²) in [6, 6.07) is 0. The molecule has 60 valence electrons. The lowest BCUT2D eigenvalue weighted by atomic mass is 9.95. The minimum Gasteiger partial charge on any atom is -0.298 e. The molecule has 0 aromatic rings. The molecular formula is C11H10O. The third kappa shape index (κ3) is 1.18. The number of rotatable bonds is 2. The fourth-order valence-electron chi connectivity index (χ4n) is 1.47. The predicted molar refractivity (Wildman–Crippen MR) is 48.5 cm³/mol. The quantitative estimate of drug-likeness (QED) is 0.601. The third-order valence-corrected chi connectivity index (χ3v) is 2.15. The molecule has 2 aliphatic rings. The summed E-state index contributed by atoms with van der Waals surface area (Å²) in [5, 5.41) is 0. The van der Waals surface area contributed by atoms with Crippen LogP contribution in [0.1, 0.15) is 0 Å². The van der Waals surface area contributed by atoms with E-state index >= 15 is 0 Å². The zero-order valence-electron chi connectivity index (χ0n) is 6.68. The number of carbonyl (C=O) groups is 1. The van der Waals surface area contributed by atoms with E-state index < -0.39 is 0 Å². The zero-order valence-corrected chi connectivity index (χ0v) is 6.68. The van der Waals surface area contributed by atoms with Gasteiger partial charge in [-0.2, -0.15) is 0 Å². The van der Waals surface area contributed by atoms with E-state index in [-0.39, 0.29) is 17.6 Å². The smallest absolute Gasteiger partial charge is 0.154 e. The summed E-state index contributed by atoms with van der Waals surface area (Å²) in [6.45, 7) is 0. The maximum absolute atomic E-state index is 11.6. The second-order valence-corrected chi connectivity index (χ2v) is 2.99. The number of ketones is 1. The van der Waals surface area contributed by atoms with Crippen molar-refractivity contribution in [3.63, 3.8) is 0 Å². The van der Waals surface area contributed by atoms with Crippen molar-refractivity contribution in [1.82, 2.24) is 0 Å². The van der Waals surface area contributed by atoms with Gasteiger partial charge in [-0.1, -0.05) is 48.6 Å². The lowest BCUT2D eigenvalue weighted by molar-refractivity contribution is -0.121. The Morgan fingerprint density at radius 3 is 1.42 bits per heavy atom. The van der Waals surface area contributed by atoms with Gasteiger partial charge >= 0.3 is 0 Å². The van der Waals surface area contributed by atoms with Crippen molar-refractivity contribution in [3.05, 3.63) is 48.6 Å². The van der Waals surface area contributed by atoms with E-state index in [4.69, 9.17) is 0 Å². The minimum atomic E-state index is 0.00222. The largest absolute Gasteiger partial charge is 0.298 e. The zero-order chi connectivity index (χ0) is 8.39. The molecule has 1 nitrogen and oxygen atoms in total. The molecule has 0 aliphatic heterocycles. The summed E-state index contributed by atoms with van der Waals surface area (Å²) >= 11 is 0. The Bertz CT molecular complexity index is 251. The van der Waals surface area contributed by atoms with Crippen molar-refractivity contribution in [2.24, 2.45) is 11.8 Å². The van der Waals surface area contributed by atoms with Gasteiger partial charge < -0.3 is 0 Å². The number of hydrogen-bond donors (Lipinski definition) is 0. The molecule has 1 heteroatoms. The van der Waals surface area contributed by atoms with Gasteiger partial charge in [-0.3, -0.25) is 4.79 Å². The van der Waals surface area contributed by atoms with E-state index in [0.29, 0.717) is 0 Å². The average molecular weight is 158 g/mol. The molecule has 0 aromatic heterocycles. The molecule has 2 rings (SSSR count). The first kappa shape index (κ1) is 7.29. The highest BCUT2D eigenvalue weighted by Crippen LogP contribution is 2.19. The van der Waals surface area contributed by atoms with E-state index in [1.807, 2.05) is 48.6 Å². The van der Waals surface area contributed by atoms with Crippen LogP contribution in [0, 0.1) is 11.8 Å². The van der Waals surface area contributed by atoms with Gasteiger partial charge in [0.05, 0.1) is 11.8 Å². The average Bonchev–Trinajstić information content (AvgIpc) is 2.77. The predicted octanol–water partition coefficient (Wildman–Crippen LogP) is 2.04. The van der Waals surface area contributed by atoms with Gasteiger partial charge in [0.25, 0.3) is 0 Å². The van der Waals surface area contributed by atoms with E-state index in [0.717, 1.165) is 0 Å². The molecular weight excluding hydrogens is 148 g/mol. The van der Waals surface area contributed by atoms with Gasteiger partial charge in [-0.05, 0) is 0 Å². The lowest BCUT2D eigenvalue weighted by Gasteiger charge is -2.07. The Hall–Kier alpha value is -1.37. The Balaban J connectivity index is 2.09. The summed E-state index contributed by atoms with van der Waals surface area (Å²) in [6.07, 6.45) is 15.4. The van der Waals surface area contributed by atoms with Crippen molar-refractivity contribution in [2.75, 3.05) is 0 Å². The van der Waals surface area contributed by atoms with Crippen molar-refractivity contribution < 1.29 is 4.79 Å². The minimum absolute atomic E-state index is 0.00222. The third-order valence-electron chi connectivity index (χ3n) is 2.15. The van der Waals surface area contributed by atoms with E-state index in [1.54, 1.807) is 0 Å². The van der Waals surface area contributed by atoms with Crippen molar-refractivity contribution in [1.29, 1.82) is 0 Å².